The van der Waals surface area contributed by atoms with E-state index in [0.29, 0.717) is 12.2 Å². The highest BCUT2D eigenvalue weighted by Crippen LogP contribution is 2.28. The van der Waals surface area contributed by atoms with E-state index in [4.69, 9.17) is 0 Å². The summed E-state index contributed by atoms with van der Waals surface area (Å²) in [6, 6.07) is 6.07. The third kappa shape index (κ3) is 2.43. The number of nitrogens with zero attached hydrogens (tertiary/aromatic N) is 3. The molecule has 0 spiro atoms. The standard InChI is InChI=1S/C14H14N6O.ClH/c21-14-10-2-1-5-15-13(10)9-4-3-8(6-11(9)16-14)7-12-17-19-20-18-12;/h3-4,6,15H,1-2,5,7H2,(H,16,21)(H,17,18,19,20);1H. The molecule has 1 aliphatic heterocycles. The van der Waals surface area contributed by atoms with E-state index in [1.807, 2.05) is 18.2 Å². The van der Waals surface area contributed by atoms with E-state index in [2.05, 4.69) is 30.9 Å². The van der Waals surface area contributed by atoms with Crippen molar-refractivity contribution in [3.63, 3.8) is 0 Å². The number of benzene rings is 1. The summed E-state index contributed by atoms with van der Waals surface area (Å²) in [5.74, 6) is 0.702. The van der Waals surface area contributed by atoms with E-state index in [-0.39, 0.29) is 18.0 Å². The van der Waals surface area contributed by atoms with Crippen molar-refractivity contribution in [1.82, 2.24) is 25.6 Å². The molecular weight excluding hydrogens is 304 g/mol. The third-order valence-corrected chi connectivity index (χ3v) is 3.84. The number of rotatable bonds is 2. The molecule has 1 aromatic carbocycles. The lowest BCUT2D eigenvalue weighted by Gasteiger charge is -2.19. The number of anilines is 1. The Morgan fingerprint density at radius 2 is 2.18 bits per heavy atom. The summed E-state index contributed by atoms with van der Waals surface area (Å²) in [6.07, 6.45) is 2.44. The van der Waals surface area contributed by atoms with Crippen LogP contribution in [0.3, 0.4) is 0 Å². The molecule has 3 heterocycles. The topological polar surface area (TPSA) is 99.3 Å². The largest absolute Gasteiger partial charge is 0.384 e. The summed E-state index contributed by atoms with van der Waals surface area (Å²) in [5.41, 5.74) is 3.74. The molecule has 0 unspecified atom stereocenters. The normalized spacial score (nSPS) is 13.3. The number of pyridine rings is 1. The molecule has 0 radical (unpaired) electrons. The average Bonchev–Trinajstić information content (AvgIpc) is 3.00. The van der Waals surface area contributed by atoms with E-state index in [0.717, 1.165) is 47.1 Å². The van der Waals surface area contributed by atoms with Crippen LogP contribution in [-0.4, -0.2) is 32.2 Å². The predicted molar refractivity (Wildman–Crippen MR) is 85.6 cm³/mol. The molecule has 0 aliphatic carbocycles. The molecule has 2 aromatic heterocycles. The molecule has 0 fully saturated rings. The Labute approximate surface area is 131 Å². The number of H-pyrrole nitrogens is 2. The van der Waals surface area contributed by atoms with Gasteiger partial charge in [0.2, 0.25) is 0 Å². The van der Waals surface area contributed by atoms with Crippen LogP contribution in [0.5, 0.6) is 0 Å². The summed E-state index contributed by atoms with van der Waals surface area (Å²) in [6.45, 7) is 0.914. The number of nitrogens with one attached hydrogen (secondary N) is 3. The van der Waals surface area contributed by atoms with Crippen LogP contribution in [0.25, 0.3) is 10.9 Å². The monoisotopic (exact) mass is 318 g/mol. The van der Waals surface area contributed by atoms with Crippen molar-refractivity contribution < 1.29 is 0 Å². The number of aromatic amines is 2. The van der Waals surface area contributed by atoms with Gasteiger partial charge in [0.15, 0.2) is 5.82 Å². The van der Waals surface area contributed by atoms with Crippen molar-refractivity contribution in [2.75, 3.05) is 11.9 Å². The van der Waals surface area contributed by atoms with Gasteiger partial charge in [-0.15, -0.1) is 17.5 Å². The van der Waals surface area contributed by atoms with Crippen LogP contribution in [0.4, 0.5) is 5.69 Å². The van der Waals surface area contributed by atoms with Gasteiger partial charge in [-0.05, 0) is 34.9 Å². The van der Waals surface area contributed by atoms with Crippen molar-refractivity contribution in [2.24, 2.45) is 0 Å². The van der Waals surface area contributed by atoms with Gasteiger partial charge in [0.1, 0.15) is 0 Å². The van der Waals surface area contributed by atoms with E-state index >= 15 is 0 Å². The highest BCUT2D eigenvalue weighted by atomic mass is 35.5. The van der Waals surface area contributed by atoms with Crippen molar-refractivity contribution in [3.8, 4) is 0 Å². The smallest absolute Gasteiger partial charge is 0.253 e. The Hall–Kier alpha value is -2.41. The quantitative estimate of drug-likeness (QED) is 0.663. The zero-order valence-electron chi connectivity index (χ0n) is 11.7. The highest BCUT2D eigenvalue weighted by Gasteiger charge is 2.16. The number of fused-ring (bicyclic) bond motifs is 3. The van der Waals surface area contributed by atoms with Gasteiger partial charge in [0, 0.05) is 23.9 Å². The number of aromatic nitrogens is 5. The lowest BCUT2D eigenvalue weighted by molar-refractivity contribution is 0.820. The third-order valence-electron chi connectivity index (χ3n) is 3.84. The maximum Gasteiger partial charge on any atom is 0.253 e. The van der Waals surface area contributed by atoms with Crippen LogP contribution >= 0.6 is 12.4 Å². The maximum absolute atomic E-state index is 12.2. The molecule has 3 aromatic rings. The molecule has 1 aliphatic rings. The molecule has 0 atom stereocenters. The first-order valence-corrected chi connectivity index (χ1v) is 6.95. The average molecular weight is 319 g/mol. The van der Waals surface area contributed by atoms with Gasteiger partial charge >= 0.3 is 0 Å². The van der Waals surface area contributed by atoms with E-state index in [1.54, 1.807) is 0 Å². The molecule has 22 heavy (non-hydrogen) atoms. The lowest BCUT2D eigenvalue weighted by Crippen LogP contribution is -2.22. The second kappa shape index (κ2) is 5.76. The number of hydrogen-bond acceptors (Lipinski definition) is 5. The van der Waals surface area contributed by atoms with E-state index in [1.165, 1.54) is 0 Å². The van der Waals surface area contributed by atoms with Gasteiger partial charge in [-0.3, -0.25) is 4.79 Å². The van der Waals surface area contributed by atoms with Crippen LogP contribution in [0, 0.1) is 0 Å². The molecule has 7 nitrogen and oxygen atoms in total. The minimum absolute atomic E-state index is 0. The van der Waals surface area contributed by atoms with Crippen molar-refractivity contribution in [3.05, 3.63) is 45.5 Å². The van der Waals surface area contributed by atoms with Crippen LogP contribution in [0.2, 0.25) is 0 Å². The zero-order chi connectivity index (χ0) is 14.2. The minimum atomic E-state index is 0. The summed E-state index contributed by atoms with van der Waals surface area (Å²) in [7, 11) is 0. The SMILES string of the molecule is Cl.O=c1[nH]c2cc(Cc3nnn[nH]3)ccc2c2c1CCCN2. The fourth-order valence-electron chi connectivity index (χ4n) is 2.86. The van der Waals surface area contributed by atoms with Crippen LogP contribution in [0.1, 0.15) is 23.4 Å². The first-order chi connectivity index (χ1) is 10.3. The summed E-state index contributed by atoms with van der Waals surface area (Å²) >= 11 is 0. The second-order valence-corrected chi connectivity index (χ2v) is 5.24. The number of halogens is 1. The molecule has 0 amide bonds. The second-order valence-electron chi connectivity index (χ2n) is 5.24. The fourth-order valence-corrected chi connectivity index (χ4v) is 2.86. The summed E-state index contributed by atoms with van der Waals surface area (Å²) < 4.78 is 0. The van der Waals surface area contributed by atoms with Gasteiger partial charge in [0.25, 0.3) is 5.56 Å². The van der Waals surface area contributed by atoms with Crippen LogP contribution < -0.4 is 10.9 Å². The van der Waals surface area contributed by atoms with Gasteiger partial charge in [0.05, 0.1) is 11.2 Å². The molecule has 0 saturated heterocycles. The fraction of sp³-hybridized carbons (Fsp3) is 0.286. The molecular formula is C14H15ClN6O. The van der Waals surface area contributed by atoms with Gasteiger partial charge in [-0.1, -0.05) is 12.1 Å². The number of tetrazole rings is 1. The summed E-state index contributed by atoms with van der Waals surface area (Å²) in [4.78, 5) is 15.2. The van der Waals surface area contributed by atoms with Gasteiger partial charge in [-0.2, -0.15) is 0 Å². The predicted octanol–water partition coefficient (Wildman–Crippen LogP) is 1.41. The van der Waals surface area contributed by atoms with Crippen LogP contribution in [-0.2, 0) is 12.8 Å². The Kier molecular flexibility index (Phi) is 3.81. The molecule has 114 valence electrons. The number of hydrogen-bond donors (Lipinski definition) is 3. The van der Waals surface area contributed by atoms with Gasteiger partial charge in [-0.25, -0.2) is 5.10 Å². The Morgan fingerprint density at radius 1 is 1.27 bits per heavy atom. The van der Waals surface area contributed by atoms with Crippen molar-refractivity contribution >= 4 is 29.0 Å². The molecule has 8 heteroatoms. The van der Waals surface area contributed by atoms with E-state index < -0.39 is 0 Å². The molecule has 4 rings (SSSR count). The van der Waals surface area contributed by atoms with Crippen molar-refractivity contribution in [1.29, 1.82) is 0 Å². The first kappa shape index (κ1) is 14.5. The Morgan fingerprint density at radius 3 is 3.00 bits per heavy atom. The molecule has 0 bridgehead atoms. The lowest BCUT2D eigenvalue weighted by atomic mass is 10.00. The minimum Gasteiger partial charge on any atom is -0.384 e. The van der Waals surface area contributed by atoms with Crippen molar-refractivity contribution in [2.45, 2.75) is 19.3 Å². The van der Waals surface area contributed by atoms with Crippen LogP contribution in [0.15, 0.2) is 23.0 Å². The summed E-state index contributed by atoms with van der Waals surface area (Å²) in [5, 5.41) is 18.2. The Bertz CT molecular complexity index is 858. The Balaban J connectivity index is 0.00000144. The molecule has 3 N–H and O–H groups in total. The van der Waals surface area contributed by atoms with E-state index in [9.17, 15) is 4.79 Å². The first-order valence-electron chi connectivity index (χ1n) is 6.95. The molecule has 0 saturated carbocycles. The zero-order valence-corrected chi connectivity index (χ0v) is 12.5. The highest BCUT2D eigenvalue weighted by molar-refractivity contribution is 5.93. The maximum atomic E-state index is 12.2. The van der Waals surface area contributed by atoms with Gasteiger partial charge < -0.3 is 10.3 Å².